The molecule has 1 atom stereocenters. The summed E-state index contributed by atoms with van der Waals surface area (Å²) in [6.45, 7) is 2.07. The Bertz CT molecular complexity index is 68.9. The van der Waals surface area contributed by atoms with Crippen LogP contribution in [0.15, 0.2) is 12.2 Å². The molecule has 0 radical (unpaired) electrons. The van der Waals surface area contributed by atoms with Crippen LogP contribution in [0.1, 0.15) is 19.8 Å². The molecule has 0 aliphatic rings. The number of hydrogen-bond donors (Lipinski definition) is 1. The molecule has 48 valence electrons. The summed E-state index contributed by atoms with van der Waals surface area (Å²) in [5, 5.41) is 8.27. The van der Waals surface area contributed by atoms with Crippen molar-refractivity contribution < 1.29 is 5.11 Å². The van der Waals surface area contributed by atoms with Crippen LogP contribution in [0, 0.1) is 0 Å². The molecule has 0 heterocycles. The minimum Gasteiger partial charge on any atom is -0.382 e. The Morgan fingerprint density at radius 1 is 1.62 bits per heavy atom. The largest absolute Gasteiger partial charge is 0.382 e. The number of allylic oxidation sites excluding steroid dienone is 1. The SMILES string of the molecule is CC/C=C\CC(O)Br. The van der Waals surface area contributed by atoms with Gasteiger partial charge in [-0.15, -0.1) is 0 Å². The van der Waals surface area contributed by atoms with Crippen LogP contribution in [0.5, 0.6) is 0 Å². The third kappa shape index (κ3) is 6.18. The van der Waals surface area contributed by atoms with Crippen LogP contribution in [-0.2, 0) is 0 Å². The molecule has 0 spiro atoms. The molecule has 0 amide bonds. The quantitative estimate of drug-likeness (QED) is 0.519. The molecule has 1 N–H and O–H groups in total. The molecule has 0 saturated carbocycles. The van der Waals surface area contributed by atoms with E-state index >= 15 is 0 Å². The van der Waals surface area contributed by atoms with Crippen molar-refractivity contribution in [2.24, 2.45) is 0 Å². The number of aliphatic hydroxyl groups excluding tert-OH is 1. The summed E-state index contributed by atoms with van der Waals surface area (Å²) in [6, 6.07) is 0. The predicted octanol–water partition coefficient (Wildman–Crippen LogP) is 2.06. The Labute approximate surface area is 58.5 Å². The first-order valence-electron chi connectivity index (χ1n) is 2.74. The number of hydrogen-bond acceptors (Lipinski definition) is 1. The average Bonchev–Trinajstić information content (AvgIpc) is 1.66. The van der Waals surface area contributed by atoms with Crippen molar-refractivity contribution in [3.8, 4) is 0 Å². The van der Waals surface area contributed by atoms with E-state index in [1.807, 2.05) is 12.2 Å². The molecule has 1 unspecified atom stereocenters. The average molecular weight is 179 g/mol. The van der Waals surface area contributed by atoms with Gasteiger partial charge in [-0.3, -0.25) is 0 Å². The summed E-state index contributed by atoms with van der Waals surface area (Å²) < 4.78 is 0. The maximum Gasteiger partial charge on any atom is 0.112 e. The van der Waals surface area contributed by atoms with Crippen molar-refractivity contribution in [2.75, 3.05) is 0 Å². The molecule has 0 rings (SSSR count). The van der Waals surface area contributed by atoms with Crippen molar-refractivity contribution in [3.63, 3.8) is 0 Å². The molecular formula is C6H11BrO. The monoisotopic (exact) mass is 178 g/mol. The third-order valence-corrected chi connectivity index (χ3v) is 1.11. The number of alkyl halides is 1. The van der Waals surface area contributed by atoms with E-state index in [0.717, 1.165) is 6.42 Å². The standard InChI is InChI=1S/C6H11BrO/c1-2-3-4-5-6(7)8/h3-4,6,8H,2,5H2,1H3/b4-3-. The number of rotatable bonds is 3. The van der Waals surface area contributed by atoms with Gasteiger partial charge < -0.3 is 5.11 Å². The molecule has 0 fully saturated rings. The van der Waals surface area contributed by atoms with Crippen molar-refractivity contribution in [1.82, 2.24) is 0 Å². The zero-order valence-electron chi connectivity index (χ0n) is 4.97. The van der Waals surface area contributed by atoms with E-state index in [2.05, 4.69) is 22.9 Å². The Kier molecular flexibility index (Phi) is 5.44. The fourth-order valence-electron chi connectivity index (χ4n) is 0.375. The van der Waals surface area contributed by atoms with E-state index in [4.69, 9.17) is 5.11 Å². The van der Waals surface area contributed by atoms with Gasteiger partial charge in [0.15, 0.2) is 0 Å². The van der Waals surface area contributed by atoms with Crippen LogP contribution in [0.2, 0.25) is 0 Å². The van der Waals surface area contributed by atoms with E-state index < -0.39 is 0 Å². The minimum atomic E-state index is -0.370. The topological polar surface area (TPSA) is 20.2 Å². The van der Waals surface area contributed by atoms with Crippen LogP contribution in [0.3, 0.4) is 0 Å². The van der Waals surface area contributed by atoms with Crippen molar-refractivity contribution in [3.05, 3.63) is 12.2 Å². The molecule has 8 heavy (non-hydrogen) atoms. The number of halogens is 1. The first kappa shape index (κ1) is 8.18. The van der Waals surface area contributed by atoms with Crippen LogP contribution in [0.25, 0.3) is 0 Å². The fraction of sp³-hybridized carbons (Fsp3) is 0.667. The van der Waals surface area contributed by atoms with E-state index in [9.17, 15) is 0 Å². The summed E-state index contributed by atoms with van der Waals surface area (Å²) in [5.41, 5.74) is 0. The zero-order valence-corrected chi connectivity index (χ0v) is 6.56. The van der Waals surface area contributed by atoms with E-state index in [1.54, 1.807) is 0 Å². The van der Waals surface area contributed by atoms with Crippen molar-refractivity contribution in [2.45, 2.75) is 24.8 Å². The molecule has 2 heteroatoms. The highest BCUT2D eigenvalue weighted by Crippen LogP contribution is 2.00. The second-order valence-electron chi connectivity index (χ2n) is 1.55. The lowest BCUT2D eigenvalue weighted by Crippen LogP contribution is -1.89. The fourth-order valence-corrected chi connectivity index (χ4v) is 0.591. The lowest BCUT2D eigenvalue weighted by molar-refractivity contribution is 0.274. The molecule has 0 aliphatic heterocycles. The van der Waals surface area contributed by atoms with Gasteiger partial charge in [-0.05, 0) is 6.42 Å². The zero-order chi connectivity index (χ0) is 6.41. The van der Waals surface area contributed by atoms with Gasteiger partial charge in [0.05, 0.1) is 0 Å². The molecule has 0 aliphatic carbocycles. The Balaban J connectivity index is 3.03. The van der Waals surface area contributed by atoms with Crippen molar-refractivity contribution in [1.29, 1.82) is 0 Å². The highest BCUT2D eigenvalue weighted by Gasteiger charge is 1.88. The molecule has 0 bridgehead atoms. The van der Waals surface area contributed by atoms with Gasteiger partial charge in [0.25, 0.3) is 0 Å². The lowest BCUT2D eigenvalue weighted by atomic mass is 10.3. The van der Waals surface area contributed by atoms with E-state index in [-0.39, 0.29) is 5.01 Å². The van der Waals surface area contributed by atoms with Crippen LogP contribution < -0.4 is 0 Å². The highest BCUT2D eigenvalue weighted by molar-refractivity contribution is 9.09. The summed E-state index contributed by atoms with van der Waals surface area (Å²) in [7, 11) is 0. The maximum atomic E-state index is 8.64. The first-order valence-corrected chi connectivity index (χ1v) is 3.66. The minimum absolute atomic E-state index is 0.370. The second-order valence-corrected chi connectivity index (χ2v) is 2.61. The molecule has 1 nitrogen and oxygen atoms in total. The molecule has 0 aromatic carbocycles. The van der Waals surface area contributed by atoms with Gasteiger partial charge in [-0.25, -0.2) is 0 Å². The molecule has 0 aromatic rings. The smallest absolute Gasteiger partial charge is 0.112 e. The number of aliphatic hydroxyl groups is 1. The normalized spacial score (nSPS) is 14.9. The van der Waals surface area contributed by atoms with Gasteiger partial charge in [0, 0.05) is 6.42 Å². The predicted molar refractivity (Wildman–Crippen MR) is 39.0 cm³/mol. The maximum absolute atomic E-state index is 8.64. The highest BCUT2D eigenvalue weighted by atomic mass is 79.9. The first-order chi connectivity index (χ1) is 3.77. The third-order valence-electron chi connectivity index (χ3n) is 0.733. The van der Waals surface area contributed by atoms with Crippen LogP contribution >= 0.6 is 15.9 Å². The van der Waals surface area contributed by atoms with E-state index in [1.165, 1.54) is 0 Å². The van der Waals surface area contributed by atoms with Crippen LogP contribution in [0.4, 0.5) is 0 Å². The van der Waals surface area contributed by atoms with Crippen LogP contribution in [-0.4, -0.2) is 10.1 Å². The van der Waals surface area contributed by atoms with Gasteiger partial charge in [-0.1, -0.05) is 35.0 Å². The van der Waals surface area contributed by atoms with Gasteiger partial charge in [0.1, 0.15) is 5.01 Å². The van der Waals surface area contributed by atoms with Gasteiger partial charge in [0.2, 0.25) is 0 Å². The van der Waals surface area contributed by atoms with Gasteiger partial charge in [-0.2, -0.15) is 0 Å². The molecular weight excluding hydrogens is 168 g/mol. The van der Waals surface area contributed by atoms with Crippen molar-refractivity contribution >= 4 is 15.9 Å². The Hall–Kier alpha value is 0.180. The van der Waals surface area contributed by atoms with Gasteiger partial charge >= 0.3 is 0 Å². The summed E-state index contributed by atoms with van der Waals surface area (Å²) in [4.78, 5) is 0. The summed E-state index contributed by atoms with van der Waals surface area (Å²) in [5.74, 6) is 0. The Morgan fingerprint density at radius 3 is 2.62 bits per heavy atom. The van der Waals surface area contributed by atoms with E-state index in [0.29, 0.717) is 6.42 Å². The second kappa shape index (κ2) is 5.32. The molecule has 0 aromatic heterocycles. The lowest BCUT2D eigenvalue weighted by Gasteiger charge is -1.92. The summed E-state index contributed by atoms with van der Waals surface area (Å²) in [6.07, 6.45) is 5.73. The molecule has 0 saturated heterocycles. The summed E-state index contributed by atoms with van der Waals surface area (Å²) >= 11 is 3.01. The Morgan fingerprint density at radius 2 is 2.25 bits per heavy atom.